The molecule has 0 aliphatic heterocycles. The minimum absolute atomic E-state index is 0.300. The van der Waals surface area contributed by atoms with Crippen LogP contribution in [-0.2, 0) is 6.54 Å². The molecular formula is C13H11N5O2. The number of fused-ring (bicyclic) bond motifs is 1. The molecule has 0 spiro atoms. The van der Waals surface area contributed by atoms with Crippen molar-refractivity contribution >= 4 is 16.7 Å². The SMILES string of the molecule is [C-]#[N+]c1c(-c2ccco2)n(CCN)c2c(=O)[nH]cnc12. The molecule has 0 saturated carbocycles. The topological polar surface area (TPSA) is 94.2 Å². The van der Waals surface area contributed by atoms with Gasteiger partial charge in [0, 0.05) is 13.1 Å². The molecule has 3 aromatic heterocycles. The summed E-state index contributed by atoms with van der Waals surface area (Å²) in [6.45, 7) is 8.11. The number of hydrogen-bond acceptors (Lipinski definition) is 4. The lowest BCUT2D eigenvalue weighted by Gasteiger charge is -2.07. The number of aromatic nitrogens is 3. The van der Waals surface area contributed by atoms with Gasteiger partial charge in [-0.15, -0.1) is 0 Å². The second-order valence-electron chi connectivity index (χ2n) is 4.16. The zero-order valence-electron chi connectivity index (χ0n) is 10.5. The molecule has 0 aromatic carbocycles. The van der Waals surface area contributed by atoms with Crippen LogP contribution in [0.3, 0.4) is 0 Å². The fourth-order valence-corrected chi connectivity index (χ4v) is 2.29. The van der Waals surface area contributed by atoms with Gasteiger partial charge in [0.05, 0.1) is 24.9 Å². The van der Waals surface area contributed by atoms with Crippen LogP contribution in [0.1, 0.15) is 0 Å². The van der Waals surface area contributed by atoms with Crippen molar-refractivity contribution in [3.05, 3.63) is 46.5 Å². The zero-order valence-corrected chi connectivity index (χ0v) is 10.5. The van der Waals surface area contributed by atoms with Crippen molar-refractivity contribution < 1.29 is 4.42 Å². The van der Waals surface area contributed by atoms with Gasteiger partial charge >= 0.3 is 0 Å². The summed E-state index contributed by atoms with van der Waals surface area (Å²) in [5.41, 5.74) is 6.86. The minimum atomic E-state index is -0.300. The van der Waals surface area contributed by atoms with Crippen molar-refractivity contribution in [2.45, 2.75) is 6.54 Å². The maximum absolute atomic E-state index is 12.0. The summed E-state index contributed by atoms with van der Waals surface area (Å²) in [4.78, 5) is 22.2. The number of nitrogens with zero attached hydrogens (tertiary/aromatic N) is 3. The van der Waals surface area contributed by atoms with Crippen LogP contribution in [-0.4, -0.2) is 21.1 Å². The number of H-pyrrole nitrogens is 1. The first-order valence-electron chi connectivity index (χ1n) is 5.99. The van der Waals surface area contributed by atoms with E-state index in [1.54, 1.807) is 16.7 Å². The highest BCUT2D eigenvalue weighted by Gasteiger charge is 2.23. The lowest BCUT2D eigenvalue weighted by molar-refractivity contribution is 0.573. The van der Waals surface area contributed by atoms with Gasteiger partial charge in [0.1, 0.15) is 16.8 Å². The number of nitrogens with two attached hydrogens (primary N) is 1. The molecule has 0 unspecified atom stereocenters. The lowest BCUT2D eigenvalue weighted by atomic mass is 10.3. The molecule has 3 heterocycles. The van der Waals surface area contributed by atoms with Gasteiger partial charge in [-0.05, 0) is 12.1 Å². The fraction of sp³-hybridized carbons (Fsp3) is 0.154. The van der Waals surface area contributed by atoms with Gasteiger partial charge < -0.3 is 19.7 Å². The molecule has 20 heavy (non-hydrogen) atoms. The molecule has 7 heteroatoms. The maximum Gasteiger partial charge on any atom is 0.273 e. The number of furan rings is 1. The highest BCUT2D eigenvalue weighted by atomic mass is 16.3. The molecule has 3 N–H and O–H groups in total. The first kappa shape index (κ1) is 12.2. The first-order valence-corrected chi connectivity index (χ1v) is 5.99. The summed E-state index contributed by atoms with van der Waals surface area (Å²) in [7, 11) is 0. The van der Waals surface area contributed by atoms with E-state index in [9.17, 15) is 4.79 Å². The van der Waals surface area contributed by atoms with Crippen LogP contribution in [0.15, 0.2) is 33.9 Å². The van der Waals surface area contributed by atoms with E-state index in [4.69, 9.17) is 16.7 Å². The fourth-order valence-electron chi connectivity index (χ4n) is 2.29. The average Bonchev–Trinajstić information content (AvgIpc) is 3.05. The van der Waals surface area contributed by atoms with Crippen LogP contribution >= 0.6 is 0 Å². The Bertz CT molecular complexity index is 851. The first-order chi connectivity index (χ1) is 9.77. The third-order valence-electron chi connectivity index (χ3n) is 3.04. The van der Waals surface area contributed by atoms with Crippen molar-refractivity contribution in [1.82, 2.24) is 14.5 Å². The second-order valence-corrected chi connectivity index (χ2v) is 4.16. The van der Waals surface area contributed by atoms with Crippen LogP contribution < -0.4 is 11.3 Å². The predicted octanol–water partition coefficient (Wildman–Crippen LogP) is 1.49. The largest absolute Gasteiger partial charge is 0.464 e. The van der Waals surface area contributed by atoms with E-state index in [-0.39, 0.29) is 5.56 Å². The summed E-state index contributed by atoms with van der Waals surface area (Å²) in [5, 5.41) is 0. The van der Waals surface area contributed by atoms with E-state index in [2.05, 4.69) is 14.8 Å². The van der Waals surface area contributed by atoms with E-state index in [0.717, 1.165) is 0 Å². The van der Waals surface area contributed by atoms with Gasteiger partial charge in [0.2, 0.25) is 5.69 Å². The molecule has 3 aromatic rings. The van der Waals surface area contributed by atoms with Gasteiger partial charge in [-0.25, -0.2) is 9.83 Å². The van der Waals surface area contributed by atoms with Crippen LogP contribution in [0, 0.1) is 6.57 Å². The summed E-state index contributed by atoms with van der Waals surface area (Å²) >= 11 is 0. The standard InChI is InChI=1S/C13H11N5O2/c1-15-9-10-12(13(19)17-7-16-10)18(5-4-14)11(9)8-3-2-6-20-8/h2-3,6-7H,4-5,14H2,(H,16,17,19). The summed E-state index contributed by atoms with van der Waals surface area (Å²) in [5.74, 6) is 0.516. The Morgan fingerprint density at radius 1 is 1.55 bits per heavy atom. The number of rotatable bonds is 3. The second kappa shape index (κ2) is 4.68. The van der Waals surface area contributed by atoms with Crippen molar-refractivity contribution in [3.8, 4) is 11.5 Å². The third-order valence-corrected chi connectivity index (χ3v) is 3.04. The Hall–Kier alpha value is -2.85. The van der Waals surface area contributed by atoms with E-state index in [0.29, 0.717) is 41.3 Å². The molecule has 0 amide bonds. The molecule has 100 valence electrons. The van der Waals surface area contributed by atoms with Gasteiger partial charge in [0.25, 0.3) is 5.56 Å². The summed E-state index contributed by atoms with van der Waals surface area (Å²) in [6.07, 6.45) is 2.81. The highest BCUT2D eigenvalue weighted by molar-refractivity contribution is 5.98. The Labute approximate surface area is 113 Å². The van der Waals surface area contributed by atoms with Gasteiger partial charge in [-0.1, -0.05) is 0 Å². The molecule has 0 saturated heterocycles. The summed E-state index contributed by atoms with van der Waals surface area (Å²) in [6, 6.07) is 3.47. The number of aromatic amines is 1. The van der Waals surface area contributed by atoms with Crippen LogP contribution in [0.5, 0.6) is 0 Å². The van der Waals surface area contributed by atoms with E-state index in [1.165, 1.54) is 12.6 Å². The van der Waals surface area contributed by atoms with Crippen LogP contribution in [0.4, 0.5) is 5.69 Å². The molecule has 0 radical (unpaired) electrons. The Balaban J connectivity index is 2.49. The average molecular weight is 269 g/mol. The van der Waals surface area contributed by atoms with Gasteiger partial charge in [-0.3, -0.25) is 4.79 Å². The maximum atomic E-state index is 12.0. The van der Waals surface area contributed by atoms with Crippen molar-refractivity contribution in [2.75, 3.05) is 6.54 Å². The minimum Gasteiger partial charge on any atom is -0.464 e. The number of nitrogens with one attached hydrogen (secondary N) is 1. The van der Waals surface area contributed by atoms with Crippen molar-refractivity contribution in [3.63, 3.8) is 0 Å². The molecule has 0 fully saturated rings. The lowest BCUT2D eigenvalue weighted by Crippen LogP contribution is -2.16. The molecule has 0 aliphatic rings. The molecule has 0 atom stereocenters. The van der Waals surface area contributed by atoms with E-state index >= 15 is 0 Å². The normalized spacial score (nSPS) is 10.8. The van der Waals surface area contributed by atoms with Crippen LogP contribution in [0.25, 0.3) is 27.3 Å². The van der Waals surface area contributed by atoms with Crippen molar-refractivity contribution in [1.29, 1.82) is 0 Å². The molecular weight excluding hydrogens is 258 g/mol. The molecule has 0 bridgehead atoms. The monoisotopic (exact) mass is 269 g/mol. The van der Waals surface area contributed by atoms with E-state index < -0.39 is 0 Å². The predicted molar refractivity (Wildman–Crippen MR) is 73.4 cm³/mol. The van der Waals surface area contributed by atoms with Gasteiger partial charge in [0.15, 0.2) is 0 Å². The van der Waals surface area contributed by atoms with Gasteiger partial charge in [-0.2, -0.15) is 0 Å². The molecule has 7 nitrogen and oxygen atoms in total. The molecule has 3 rings (SSSR count). The van der Waals surface area contributed by atoms with E-state index in [1.807, 2.05) is 0 Å². The highest BCUT2D eigenvalue weighted by Crippen LogP contribution is 2.38. The zero-order chi connectivity index (χ0) is 14.1. The third kappa shape index (κ3) is 1.63. The Morgan fingerprint density at radius 3 is 3.05 bits per heavy atom. The Kier molecular flexibility index (Phi) is 2.85. The Morgan fingerprint density at radius 2 is 2.40 bits per heavy atom. The smallest absolute Gasteiger partial charge is 0.273 e. The quantitative estimate of drug-likeness (QED) is 0.704. The van der Waals surface area contributed by atoms with Crippen molar-refractivity contribution in [2.24, 2.45) is 5.73 Å². The molecule has 0 aliphatic carbocycles. The summed E-state index contributed by atoms with van der Waals surface area (Å²) < 4.78 is 7.06. The number of hydrogen-bond donors (Lipinski definition) is 2. The van der Waals surface area contributed by atoms with Crippen LogP contribution in [0.2, 0.25) is 0 Å².